The molecule has 0 aliphatic rings. The van der Waals surface area contributed by atoms with Gasteiger partial charge in [-0.1, -0.05) is 12.1 Å². The van der Waals surface area contributed by atoms with Gasteiger partial charge in [-0.2, -0.15) is 5.10 Å². The average molecular weight is 430 g/mol. The van der Waals surface area contributed by atoms with Gasteiger partial charge in [0.2, 0.25) is 15.9 Å². The monoisotopic (exact) mass is 430 g/mol. The average Bonchev–Trinajstić information content (AvgIpc) is 3.24. The van der Waals surface area contributed by atoms with Gasteiger partial charge in [0.15, 0.2) is 5.76 Å². The number of carbonyl (C=O) groups is 1. The van der Waals surface area contributed by atoms with E-state index in [2.05, 4.69) is 10.4 Å². The van der Waals surface area contributed by atoms with E-state index in [4.69, 9.17) is 9.56 Å². The van der Waals surface area contributed by atoms with Gasteiger partial charge in [0, 0.05) is 25.6 Å². The number of nitrogens with two attached hydrogens (primary N) is 1. The zero-order chi connectivity index (χ0) is 21.6. The maximum absolute atomic E-state index is 12.0. The van der Waals surface area contributed by atoms with Crippen LogP contribution in [0.3, 0.4) is 0 Å². The second kappa shape index (κ2) is 9.51. The number of hydrogen-bond donors (Lipinski definition) is 2. The van der Waals surface area contributed by atoms with E-state index < -0.39 is 10.0 Å². The van der Waals surface area contributed by atoms with Crippen molar-refractivity contribution in [3.05, 3.63) is 70.7 Å². The topological polar surface area (TPSA) is 137 Å². The van der Waals surface area contributed by atoms with E-state index in [1.807, 2.05) is 0 Å². The molecule has 0 aliphatic carbocycles. The standard InChI is InChI=1S/C20H22N4O5S/c21-30(27,28)16-7-5-15(6-8-16)11-12-22-19(25)4-1-13-24-20(26)10-9-17(23-24)18-3-2-14-29-18/h2-3,5-10,14H,1,4,11-13H2,(H,22,25)(H2,21,27,28). The first-order valence-electron chi connectivity index (χ1n) is 9.33. The molecule has 0 saturated carbocycles. The maximum atomic E-state index is 12.0. The van der Waals surface area contributed by atoms with Crippen LogP contribution in [0.5, 0.6) is 0 Å². The molecule has 9 nitrogen and oxygen atoms in total. The van der Waals surface area contributed by atoms with Crippen LogP contribution >= 0.6 is 0 Å². The molecule has 0 unspecified atom stereocenters. The predicted octanol–water partition coefficient (Wildman–Crippen LogP) is 1.29. The molecule has 3 aromatic rings. The first-order valence-corrected chi connectivity index (χ1v) is 10.9. The van der Waals surface area contributed by atoms with Crippen LogP contribution in [-0.2, 0) is 27.8 Å². The highest BCUT2D eigenvalue weighted by Gasteiger charge is 2.08. The van der Waals surface area contributed by atoms with Crippen molar-refractivity contribution in [3.63, 3.8) is 0 Å². The molecule has 1 aromatic carbocycles. The van der Waals surface area contributed by atoms with Gasteiger partial charge in [0.1, 0.15) is 5.69 Å². The number of nitrogens with one attached hydrogen (secondary N) is 1. The SMILES string of the molecule is NS(=O)(=O)c1ccc(CCNC(=O)CCCn2nc(-c3ccco3)ccc2=O)cc1. The highest BCUT2D eigenvalue weighted by atomic mass is 32.2. The van der Waals surface area contributed by atoms with Gasteiger partial charge >= 0.3 is 0 Å². The van der Waals surface area contributed by atoms with Crippen molar-refractivity contribution in [1.82, 2.24) is 15.1 Å². The summed E-state index contributed by atoms with van der Waals surface area (Å²) in [6.07, 6.45) is 2.81. The number of amides is 1. The summed E-state index contributed by atoms with van der Waals surface area (Å²) in [4.78, 5) is 24.0. The zero-order valence-corrected chi connectivity index (χ0v) is 17.0. The number of rotatable bonds is 9. The largest absolute Gasteiger partial charge is 0.463 e. The summed E-state index contributed by atoms with van der Waals surface area (Å²) in [5.41, 5.74) is 1.19. The van der Waals surface area contributed by atoms with E-state index in [1.165, 1.54) is 29.1 Å². The van der Waals surface area contributed by atoms with Crippen molar-refractivity contribution in [2.24, 2.45) is 5.14 Å². The van der Waals surface area contributed by atoms with Gasteiger partial charge in [0.25, 0.3) is 5.56 Å². The zero-order valence-electron chi connectivity index (χ0n) is 16.2. The molecule has 0 spiro atoms. The fourth-order valence-electron chi connectivity index (χ4n) is 2.83. The minimum Gasteiger partial charge on any atom is -0.463 e. The number of benzene rings is 1. The molecule has 10 heteroatoms. The minimum atomic E-state index is -3.71. The van der Waals surface area contributed by atoms with Crippen molar-refractivity contribution < 1.29 is 17.6 Å². The number of nitrogens with zero attached hydrogens (tertiary/aromatic N) is 2. The summed E-state index contributed by atoms with van der Waals surface area (Å²) in [5.74, 6) is 0.435. The lowest BCUT2D eigenvalue weighted by atomic mass is 10.1. The molecule has 1 amide bonds. The summed E-state index contributed by atoms with van der Waals surface area (Å²) in [6.45, 7) is 0.732. The Morgan fingerprint density at radius 3 is 2.57 bits per heavy atom. The lowest BCUT2D eigenvalue weighted by Crippen LogP contribution is -2.27. The van der Waals surface area contributed by atoms with Gasteiger partial charge in [-0.25, -0.2) is 18.2 Å². The first kappa shape index (κ1) is 21.5. The normalized spacial score (nSPS) is 11.4. The Morgan fingerprint density at radius 2 is 1.90 bits per heavy atom. The third kappa shape index (κ3) is 5.88. The van der Waals surface area contributed by atoms with Gasteiger partial charge in [0.05, 0.1) is 11.2 Å². The third-order valence-corrected chi connectivity index (χ3v) is 5.33. The van der Waals surface area contributed by atoms with Crippen LogP contribution in [0, 0.1) is 0 Å². The van der Waals surface area contributed by atoms with E-state index in [-0.39, 0.29) is 22.8 Å². The van der Waals surface area contributed by atoms with Crippen LogP contribution in [0.15, 0.2) is 68.9 Å². The lowest BCUT2D eigenvalue weighted by Gasteiger charge is -2.07. The van der Waals surface area contributed by atoms with Crippen molar-refractivity contribution in [1.29, 1.82) is 0 Å². The number of aryl methyl sites for hydroxylation is 1. The Morgan fingerprint density at radius 1 is 1.13 bits per heavy atom. The van der Waals surface area contributed by atoms with Gasteiger partial charge in [-0.15, -0.1) is 0 Å². The number of primary sulfonamides is 1. The number of sulfonamides is 1. The molecule has 3 rings (SSSR count). The molecule has 0 saturated heterocycles. The fourth-order valence-corrected chi connectivity index (χ4v) is 3.35. The third-order valence-electron chi connectivity index (χ3n) is 4.40. The number of aromatic nitrogens is 2. The van der Waals surface area contributed by atoms with Crippen LogP contribution in [0.25, 0.3) is 11.5 Å². The summed E-state index contributed by atoms with van der Waals surface area (Å²) >= 11 is 0. The van der Waals surface area contributed by atoms with Crippen LogP contribution in [0.1, 0.15) is 18.4 Å². The molecular weight excluding hydrogens is 408 g/mol. The molecular formula is C20H22N4O5S. The number of furan rings is 1. The highest BCUT2D eigenvalue weighted by Crippen LogP contribution is 2.15. The van der Waals surface area contributed by atoms with Crippen LogP contribution < -0.4 is 16.0 Å². The summed E-state index contributed by atoms with van der Waals surface area (Å²) in [5, 5.41) is 12.1. The second-order valence-corrected chi connectivity index (χ2v) is 8.21. The molecule has 0 fully saturated rings. The molecule has 2 heterocycles. The van der Waals surface area contributed by atoms with Gasteiger partial charge in [-0.05, 0) is 48.7 Å². The Balaban J connectivity index is 1.43. The van der Waals surface area contributed by atoms with Crippen molar-refractivity contribution in [3.8, 4) is 11.5 Å². The van der Waals surface area contributed by atoms with Crippen molar-refractivity contribution in [2.75, 3.05) is 6.54 Å². The Labute approximate surface area is 173 Å². The number of carbonyl (C=O) groups excluding carboxylic acids is 1. The van der Waals surface area contributed by atoms with E-state index in [0.29, 0.717) is 37.4 Å². The predicted molar refractivity (Wildman–Crippen MR) is 110 cm³/mol. The van der Waals surface area contributed by atoms with Crippen LogP contribution in [0.2, 0.25) is 0 Å². The summed E-state index contributed by atoms with van der Waals surface area (Å²) in [6, 6.07) is 12.7. The second-order valence-electron chi connectivity index (χ2n) is 6.65. The Kier molecular flexibility index (Phi) is 6.80. The molecule has 2 aromatic heterocycles. The highest BCUT2D eigenvalue weighted by molar-refractivity contribution is 7.89. The summed E-state index contributed by atoms with van der Waals surface area (Å²) < 4.78 is 29.1. The Bertz CT molecular complexity index is 1150. The molecule has 0 radical (unpaired) electrons. The molecule has 158 valence electrons. The maximum Gasteiger partial charge on any atom is 0.266 e. The van der Waals surface area contributed by atoms with E-state index in [9.17, 15) is 18.0 Å². The van der Waals surface area contributed by atoms with Crippen molar-refractivity contribution in [2.45, 2.75) is 30.7 Å². The molecule has 0 bridgehead atoms. The lowest BCUT2D eigenvalue weighted by molar-refractivity contribution is -0.121. The molecule has 30 heavy (non-hydrogen) atoms. The van der Waals surface area contributed by atoms with E-state index in [0.717, 1.165) is 5.56 Å². The van der Waals surface area contributed by atoms with E-state index >= 15 is 0 Å². The van der Waals surface area contributed by atoms with Crippen LogP contribution in [-0.4, -0.2) is 30.7 Å². The molecule has 3 N–H and O–H groups in total. The minimum absolute atomic E-state index is 0.0512. The van der Waals surface area contributed by atoms with Crippen molar-refractivity contribution >= 4 is 15.9 Å². The first-order chi connectivity index (χ1) is 14.3. The van der Waals surface area contributed by atoms with Gasteiger partial charge < -0.3 is 9.73 Å². The van der Waals surface area contributed by atoms with Gasteiger partial charge in [-0.3, -0.25) is 9.59 Å². The van der Waals surface area contributed by atoms with Crippen LogP contribution in [0.4, 0.5) is 0 Å². The smallest absolute Gasteiger partial charge is 0.266 e. The Hall–Kier alpha value is -3.24. The molecule has 0 aliphatic heterocycles. The quantitative estimate of drug-likeness (QED) is 0.525. The number of hydrogen-bond acceptors (Lipinski definition) is 6. The summed E-state index contributed by atoms with van der Waals surface area (Å²) in [7, 11) is -3.71. The molecule has 0 atom stereocenters. The van der Waals surface area contributed by atoms with E-state index in [1.54, 1.807) is 30.3 Å². The fraction of sp³-hybridized carbons (Fsp3) is 0.250.